The molecule has 1 aromatic rings. The lowest BCUT2D eigenvalue weighted by Crippen LogP contribution is -2.47. The Kier molecular flexibility index (Phi) is 7.10. The summed E-state index contributed by atoms with van der Waals surface area (Å²) in [5.41, 5.74) is 1.70. The quantitative estimate of drug-likeness (QED) is 0.599. The average Bonchev–Trinajstić information content (AvgIpc) is 3.03. The molecule has 29 heavy (non-hydrogen) atoms. The molecule has 160 valence electrons. The van der Waals surface area contributed by atoms with Gasteiger partial charge < -0.3 is 30.1 Å². The zero-order chi connectivity index (χ0) is 21.0. The van der Waals surface area contributed by atoms with Gasteiger partial charge in [0.05, 0.1) is 25.7 Å². The predicted octanol–water partition coefficient (Wildman–Crippen LogP) is 1.10. The number of nitrogens with zero attached hydrogens (tertiary/aromatic N) is 1. The molecule has 0 bridgehead atoms. The van der Waals surface area contributed by atoms with E-state index >= 15 is 0 Å². The maximum absolute atomic E-state index is 12.1. The van der Waals surface area contributed by atoms with Gasteiger partial charge in [-0.05, 0) is 45.1 Å². The first-order valence-corrected chi connectivity index (χ1v) is 10.2. The fourth-order valence-corrected chi connectivity index (χ4v) is 4.00. The summed E-state index contributed by atoms with van der Waals surface area (Å²) >= 11 is 0. The molecule has 1 aromatic carbocycles. The monoisotopic (exact) mass is 405 g/mol. The summed E-state index contributed by atoms with van der Waals surface area (Å²) in [6.07, 6.45) is 0.698. The molecule has 0 aromatic heterocycles. The number of benzene rings is 1. The van der Waals surface area contributed by atoms with Crippen molar-refractivity contribution in [1.82, 2.24) is 10.2 Å². The summed E-state index contributed by atoms with van der Waals surface area (Å²) < 4.78 is 12.0. The number of anilines is 1. The molecule has 0 radical (unpaired) electrons. The molecule has 2 aliphatic rings. The van der Waals surface area contributed by atoms with Crippen LogP contribution in [0.1, 0.15) is 37.7 Å². The normalized spacial score (nSPS) is 25.1. The fourth-order valence-electron chi connectivity index (χ4n) is 4.00. The molecule has 3 rings (SSSR count). The van der Waals surface area contributed by atoms with Crippen molar-refractivity contribution in [1.29, 1.82) is 0 Å². The second-order valence-electron chi connectivity index (χ2n) is 8.00. The number of nitrogens with one attached hydrogen (secondary N) is 2. The molecule has 0 saturated carbocycles. The maximum Gasteiger partial charge on any atom is 0.238 e. The summed E-state index contributed by atoms with van der Waals surface area (Å²) in [4.78, 5) is 26.0. The molecule has 4 atom stereocenters. The molecule has 1 fully saturated rings. The van der Waals surface area contributed by atoms with Crippen LogP contribution in [0.5, 0.6) is 5.75 Å². The number of aliphatic hydroxyl groups excluding tert-OH is 1. The van der Waals surface area contributed by atoms with E-state index in [4.69, 9.17) is 9.47 Å². The summed E-state index contributed by atoms with van der Waals surface area (Å²) in [5.74, 6) is 0.612. The van der Waals surface area contributed by atoms with Crippen molar-refractivity contribution in [3.63, 3.8) is 0 Å². The number of rotatable bonds is 8. The molecule has 0 aliphatic carbocycles. The van der Waals surface area contributed by atoms with E-state index in [-0.39, 0.29) is 43.0 Å². The van der Waals surface area contributed by atoms with Gasteiger partial charge in [0, 0.05) is 23.7 Å². The molecular formula is C21H31N3O5. The maximum atomic E-state index is 12.1. The number of ether oxygens (including phenoxy) is 2. The van der Waals surface area contributed by atoms with Crippen LogP contribution < -0.4 is 15.4 Å². The second kappa shape index (κ2) is 9.56. The largest absolute Gasteiger partial charge is 0.487 e. The second-order valence-corrected chi connectivity index (χ2v) is 8.00. The number of fused-ring (bicyclic) bond motifs is 3. The Morgan fingerprint density at radius 3 is 2.76 bits per heavy atom. The number of carbonyl (C=O) groups is 2. The average molecular weight is 405 g/mol. The van der Waals surface area contributed by atoms with Crippen molar-refractivity contribution in [3.8, 4) is 5.75 Å². The third-order valence-electron chi connectivity index (χ3n) is 5.23. The first-order chi connectivity index (χ1) is 13.9. The zero-order valence-electron chi connectivity index (χ0n) is 17.3. The number of hydrogen-bond donors (Lipinski definition) is 3. The van der Waals surface area contributed by atoms with Crippen molar-refractivity contribution >= 4 is 17.5 Å². The van der Waals surface area contributed by atoms with Gasteiger partial charge in [-0.1, -0.05) is 6.92 Å². The van der Waals surface area contributed by atoms with Crippen molar-refractivity contribution in [2.24, 2.45) is 0 Å². The topological polar surface area (TPSA) is 100 Å². The van der Waals surface area contributed by atoms with E-state index in [1.165, 1.54) is 0 Å². The highest BCUT2D eigenvalue weighted by Gasteiger charge is 2.46. The minimum atomic E-state index is -0.489. The van der Waals surface area contributed by atoms with Crippen molar-refractivity contribution in [2.75, 3.05) is 39.1 Å². The van der Waals surface area contributed by atoms with Gasteiger partial charge in [0.2, 0.25) is 11.8 Å². The van der Waals surface area contributed by atoms with Crippen LogP contribution in [0.2, 0.25) is 0 Å². The third-order valence-corrected chi connectivity index (χ3v) is 5.23. The van der Waals surface area contributed by atoms with E-state index in [9.17, 15) is 14.7 Å². The Morgan fingerprint density at radius 1 is 1.28 bits per heavy atom. The molecule has 2 aliphatic heterocycles. The highest BCUT2D eigenvalue weighted by molar-refractivity contribution is 5.92. The van der Waals surface area contributed by atoms with Gasteiger partial charge >= 0.3 is 0 Å². The van der Waals surface area contributed by atoms with E-state index in [0.29, 0.717) is 25.2 Å². The molecule has 3 N–H and O–H groups in total. The highest BCUT2D eigenvalue weighted by Crippen LogP contribution is 2.47. The molecule has 0 unspecified atom stereocenters. The SMILES string of the molecule is CCCNC(=O)C[C@H]1C[C@H]2c3cc(NC(=O)CN(C)C)ccc3O[C@H]2[C@H](CO)O1. The van der Waals surface area contributed by atoms with Crippen LogP contribution in [-0.2, 0) is 14.3 Å². The van der Waals surface area contributed by atoms with E-state index in [2.05, 4.69) is 10.6 Å². The Hall–Kier alpha value is -2.16. The smallest absolute Gasteiger partial charge is 0.238 e. The van der Waals surface area contributed by atoms with Crippen molar-refractivity contribution in [3.05, 3.63) is 23.8 Å². The van der Waals surface area contributed by atoms with Crippen LogP contribution in [0, 0.1) is 0 Å². The van der Waals surface area contributed by atoms with Crippen molar-refractivity contribution in [2.45, 2.75) is 50.4 Å². The number of hydrogen-bond acceptors (Lipinski definition) is 6. The number of amides is 2. The molecule has 8 nitrogen and oxygen atoms in total. The van der Waals surface area contributed by atoms with Crippen LogP contribution >= 0.6 is 0 Å². The number of carbonyl (C=O) groups excluding carboxylic acids is 2. The summed E-state index contributed by atoms with van der Waals surface area (Å²) in [6.45, 7) is 2.78. The number of aliphatic hydroxyl groups is 1. The van der Waals surface area contributed by atoms with Crippen LogP contribution in [-0.4, -0.2) is 73.9 Å². The number of likely N-dealkylation sites (N-methyl/N-ethyl adjacent to an activating group) is 1. The van der Waals surface area contributed by atoms with Crippen molar-refractivity contribution < 1.29 is 24.2 Å². The summed E-state index contributed by atoms with van der Waals surface area (Å²) in [7, 11) is 3.68. The Bertz CT molecular complexity index is 739. The standard InChI is InChI=1S/C21H31N3O5/c1-4-7-22-19(26)10-14-9-16-15-8-13(23-20(27)11-24(2)3)5-6-17(15)29-21(16)18(12-25)28-14/h5-6,8,14,16,18,21,25H,4,7,9-12H2,1-3H3,(H,22,26)(H,23,27)/t14-,16+,18+,21-/m1/s1. The van der Waals surface area contributed by atoms with Crippen LogP contribution in [0.25, 0.3) is 0 Å². The summed E-state index contributed by atoms with van der Waals surface area (Å²) in [5, 5.41) is 15.6. The lowest BCUT2D eigenvalue weighted by molar-refractivity contribution is -0.142. The first-order valence-electron chi connectivity index (χ1n) is 10.2. The zero-order valence-corrected chi connectivity index (χ0v) is 17.3. The highest BCUT2D eigenvalue weighted by atomic mass is 16.6. The minimum Gasteiger partial charge on any atom is -0.487 e. The molecule has 0 spiro atoms. The third kappa shape index (κ3) is 5.26. The lowest BCUT2D eigenvalue weighted by atomic mass is 9.84. The molecule has 8 heteroatoms. The molecule has 1 saturated heterocycles. The van der Waals surface area contributed by atoms with Crippen LogP contribution in [0.3, 0.4) is 0 Å². The van der Waals surface area contributed by atoms with Gasteiger partial charge in [-0.25, -0.2) is 0 Å². The van der Waals surface area contributed by atoms with Gasteiger partial charge in [-0.15, -0.1) is 0 Å². The minimum absolute atomic E-state index is 0.00516. The first kappa shape index (κ1) is 21.5. The van der Waals surface area contributed by atoms with E-state index in [0.717, 1.165) is 17.7 Å². The Morgan fingerprint density at radius 2 is 2.07 bits per heavy atom. The molecule has 2 heterocycles. The summed E-state index contributed by atoms with van der Waals surface area (Å²) in [6, 6.07) is 5.59. The van der Waals surface area contributed by atoms with E-state index < -0.39 is 6.10 Å². The Labute approximate surface area is 171 Å². The fraction of sp³-hybridized carbons (Fsp3) is 0.619. The van der Waals surface area contributed by atoms with E-state index in [1.54, 1.807) is 4.90 Å². The van der Waals surface area contributed by atoms with Crippen LogP contribution in [0.15, 0.2) is 18.2 Å². The van der Waals surface area contributed by atoms with Gasteiger partial charge in [0.15, 0.2) is 0 Å². The van der Waals surface area contributed by atoms with Gasteiger partial charge in [-0.3, -0.25) is 9.59 Å². The molecular weight excluding hydrogens is 374 g/mol. The lowest BCUT2D eigenvalue weighted by Gasteiger charge is -2.37. The van der Waals surface area contributed by atoms with E-state index in [1.807, 2.05) is 39.2 Å². The van der Waals surface area contributed by atoms with Gasteiger partial charge in [0.1, 0.15) is 18.0 Å². The molecule has 2 amide bonds. The van der Waals surface area contributed by atoms with Crippen LogP contribution in [0.4, 0.5) is 5.69 Å². The van der Waals surface area contributed by atoms with Gasteiger partial charge in [-0.2, -0.15) is 0 Å². The Balaban J connectivity index is 1.73. The predicted molar refractivity (Wildman–Crippen MR) is 109 cm³/mol. The van der Waals surface area contributed by atoms with Gasteiger partial charge in [0.25, 0.3) is 0 Å².